The summed E-state index contributed by atoms with van der Waals surface area (Å²) in [6.45, 7) is 0. The van der Waals surface area contributed by atoms with Crippen LogP contribution in [0.2, 0.25) is 0 Å². The molecule has 0 spiro atoms. The summed E-state index contributed by atoms with van der Waals surface area (Å²) < 4.78 is 0. The van der Waals surface area contributed by atoms with Crippen molar-refractivity contribution in [1.29, 1.82) is 0 Å². The minimum atomic E-state index is 0.576. The fourth-order valence-electron chi connectivity index (χ4n) is 4.10. The van der Waals surface area contributed by atoms with Gasteiger partial charge in [0, 0.05) is 6.04 Å². The van der Waals surface area contributed by atoms with E-state index in [0.29, 0.717) is 6.04 Å². The molecule has 3 rings (SSSR count). The van der Waals surface area contributed by atoms with Crippen LogP contribution in [0.3, 0.4) is 0 Å². The predicted molar refractivity (Wildman–Crippen MR) is 49.6 cm³/mol. The average molecular weight is 165 g/mol. The molecular formula is C11H19N. The molecular weight excluding hydrogens is 146 g/mol. The van der Waals surface area contributed by atoms with Gasteiger partial charge in [0.1, 0.15) is 0 Å². The quantitative estimate of drug-likeness (QED) is 0.585. The van der Waals surface area contributed by atoms with Gasteiger partial charge in [0.05, 0.1) is 0 Å². The fourth-order valence-corrected chi connectivity index (χ4v) is 4.10. The third-order valence-electron chi connectivity index (χ3n) is 4.72. The summed E-state index contributed by atoms with van der Waals surface area (Å²) in [5.41, 5.74) is 6.27. The molecule has 3 saturated carbocycles. The van der Waals surface area contributed by atoms with Gasteiger partial charge in [-0.3, -0.25) is 0 Å². The highest BCUT2D eigenvalue weighted by Crippen LogP contribution is 2.52. The van der Waals surface area contributed by atoms with Crippen LogP contribution in [-0.2, 0) is 0 Å². The van der Waals surface area contributed by atoms with E-state index in [9.17, 15) is 0 Å². The van der Waals surface area contributed by atoms with Gasteiger partial charge in [-0.15, -0.1) is 0 Å². The number of hydrogen-bond acceptors (Lipinski definition) is 1. The highest BCUT2D eigenvalue weighted by atomic mass is 14.7. The lowest BCUT2D eigenvalue weighted by Crippen LogP contribution is -2.39. The van der Waals surface area contributed by atoms with Gasteiger partial charge < -0.3 is 5.73 Å². The number of hydrogen-bond donors (Lipinski definition) is 1. The van der Waals surface area contributed by atoms with Crippen molar-refractivity contribution in [2.24, 2.45) is 29.4 Å². The molecule has 0 amide bonds. The first kappa shape index (κ1) is 7.37. The molecule has 1 heteroatoms. The van der Waals surface area contributed by atoms with Crippen molar-refractivity contribution in [2.45, 2.75) is 44.6 Å². The molecule has 0 aromatic rings. The van der Waals surface area contributed by atoms with Gasteiger partial charge in [0.25, 0.3) is 0 Å². The first-order chi connectivity index (χ1) is 5.84. The summed E-state index contributed by atoms with van der Waals surface area (Å²) in [4.78, 5) is 0. The third kappa shape index (κ3) is 0.891. The number of fused-ring (bicyclic) bond motifs is 2. The Kier molecular flexibility index (Phi) is 1.52. The van der Waals surface area contributed by atoms with E-state index in [2.05, 4.69) is 0 Å². The Labute approximate surface area is 74.7 Å². The maximum absolute atomic E-state index is 6.27. The second-order valence-corrected chi connectivity index (χ2v) is 5.26. The van der Waals surface area contributed by atoms with E-state index in [0.717, 1.165) is 23.7 Å². The molecule has 0 aromatic heterocycles. The molecule has 68 valence electrons. The minimum absolute atomic E-state index is 0.576. The molecule has 0 aromatic carbocycles. The second kappa shape index (κ2) is 2.47. The molecule has 0 heterocycles. The highest BCUT2D eigenvalue weighted by Gasteiger charge is 2.46. The lowest BCUT2D eigenvalue weighted by atomic mass is 9.76. The van der Waals surface area contributed by atoms with E-state index >= 15 is 0 Å². The maximum atomic E-state index is 6.27. The van der Waals surface area contributed by atoms with E-state index in [1.165, 1.54) is 38.5 Å². The fraction of sp³-hybridized carbons (Fsp3) is 1.00. The highest BCUT2D eigenvalue weighted by molar-refractivity contribution is 4.99. The molecule has 1 nitrogen and oxygen atoms in total. The summed E-state index contributed by atoms with van der Waals surface area (Å²) in [7, 11) is 0. The molecule has 0 saturated heterocycles. The van der Waals surface area contributed by atoms with Crippen LogP contribution >= 0.6 is 0 Å². The van der Waals surface area contributed by atoms with Crippen LogP contribution in [0, 0.1) is 23.7 Å². The summed E-state index contributed by atoms with van der Waals surface area (Å²) in [6.07, 6.45) is 8.84. The summed E-state index contributed by atoms with van der Waals surface area (Å²) in [5.74, 6) is 3.98. The molecule has 3 fully saturated rings. The van der Waals surface area contributed by atoms with Crippen LogP contribution in [0.25, 0.3) is 0 Å². The summed E-state index contributed by atoms with van der Waals surface area (Å²) in [5, 5.41) is 0. The van der Waals surface area contributed by atoms with Crippen molar-refractivity contribution in [2.75, 3.05) is 0 Å². The number of nitrogens with two attached hydrogens (primary N) is 1. The largest absolute Gasteiger partial charge is 0.327 e. The molecule has 0 aliphatic heterocycles. The Morgan fingerprint density at radius 2 is 1.42 bits per heavy atom. The standard InChI is InChI=1S/C11H19N/c12-11-8-3-1-2-7-4-10(11)6-9(7)5-8/h7-11H,1-6,12H2. The first-order valence-corrected chi connectivity index (χ1v) is 5.60. The van der Waals surface area contributed by atoms with E-state index in [1.807, 2.05) is 0 Å². The Bertz CT molecular complexity index is 185. The second-order valence-electron chi connectivity index (χ2n) is 5.26. The predicted octanol–water partition coefficient (Wildman–Crippen LogP) is 2.16. The van der Waals surface area contributed by atoms with Crippen molar-refractivity contribution in [3.05, 3.63) is 0 Å². The van der Waals surface area contributed by atoms with Gasteiger partial charge in [-0.1, -0.05) is 12.8 Å². The molecule has 3 aliphatic carbocycles. The maximum Gasteiger partial charge on any atom is 0.00959 e. The van der Waals surface area contributed by atoms with E-state index in [1.54, 1.807) is 0 Å². The van der Waals surface area contributed by atoms with Gasteiger partial charge in [-0.25, -0.2) is 0 Å². The average Bonchev–Trinajstić information content (AvgIpc) is 2.32. The molecule has 0 radical (unpaired) electrons. The molecule has 2 N–H and O–H groups in total. The van der Waals surface area contributed by atoms with Crippen molar-refractivity contribution < 1.29 is 0 Å². The zero-order chi connectivity index (χ0) is 8.13. The van der Waals surface area contributed by atoms with Gasteiger partial charge in [0.2, 0.25) is 0 Å². The molecule has 3 bridgehead atoms. The van der Waals surface area contributed by atoms with Crippen molar-refractivity contribution in [3.8, 4) is 0 Å². The lowest BCUT2D eigenvalue weighted by molar-refractivity contribution is 0.213. The molecule has 5 unspecified atom stereocenters. The Hall–Kier alpha value is -0.0400. The molecule has 3 aliphatic rings. The van der Waals surface area contributed by atoms with Crippen LogP contribution in [0.4, 0.5) is 0 Å². The van der Waals surface area contributed by atoms with Gasteiger partial charge in [-0.05, 0) is 49.4 Å². The van der Waals surface area contributed by atoms with Crippen molar-refractivity contribution in [3.63, 3.8) is 0 Å². The summed E-state index contributed by atoms with van der Waals surface area (Å²) in [6, 6.07) is 0.576. The van der Waals surface area contributed by atoms with Gasteiger partial charge in [-0.2, -0.15) is 0 Å². The van der Waals surface area contributed by atoms with Crippen molar-refractivity contribution >= 4 is 0 Å². The monoisotopic (exact) mass is 165 g/mol. The SMILES string of the molecule is NC1C2CCCC3CC1CC3C2. The zero-order valence-corrected chi connectivity index (χ0v) is 7.71. The minimum Gasteiger partial charge on any atom is -0.327 e. The Morgan fingerprint density at radius 3 is 2.33 bits per heavy atom. The topological polar surface area (TPSA) is 26.0 Å². The molecule has 12 heavy (non-hydrogen) atoms. The van der Waals surface area contributed by atoms with Crippen molar-refractivity contribution in [1.82, 2.24) is 0 Å². The summed E-state index contributed by atoms with van der Waals surface area (Å²) >= 11 is 0. The normalized spacial score (nSPS) is 57.2. The molecule has 5 atom stereocenters. The van der Waals surface area contributed by atoms with E-state index in [-0.39, 0.29) is 0 Å². The van der Waals surface area contributed by atoms with Crippen LogP contribution in [0.5, 0.6) is 0 Å². The number of rotatable bonds is 0. The van der Waals surface area contributed by atoms with Crippen LogP contribution in [-0.4, -0.2) is 6.04 Å². The van der Waals surface area contributed by atoms with Crippen LogP contribution in [0.15, 0.2) is 0 Å². The van der Waals surface area contributed by atoms with Crippen LogP contribution in [0.1, 0.15) is 38.5 Å². The van der Waals surface area contributed by atoms with Crippen LogP contribution < -0.4 is 5.73 Å². The lowest BCUT2D eigenvalue weighted by Gasteiger charge is -2.33. The third-order valence-corrected chi connectivity index (χ3v) is 4.72. The Balaban J connectivity index is 1.92. The zero-order valence-electron chi connectivity index (χ0n) is 7.71. The van der Waals surface area contributed by atoms with E-state index in [4.69, 9.17) is 5.73 Å². The van der Waals surface area contributed by atoms with Gasteiger partial charge >= 0.3 is 0 Å². The smallest absolute Gasteiger partial charge is 0.00959 e. The Morgan fingerprint density at radius 1 is 0.750 bits per heavy atom. The first-order valence-electron chi connectivity index (χ1n) is 5.60. The van der Waals surface area contributed by atoms with Gasteiger partial charge in [0.15, 0.2) is 0 Å². The van der Waals surface area contributed by atoms with E-state index < -0.39 is 0 Å².